The summed E-state index contributed by atoms with van der Waals surface area (Å²) in [5, 5.41) is 14.1. The molecule has 0 aliphatic rings. The van der Waals surface area contributed by atoms with E-state index in [1.807, 2.05) is 38.1 Å². The SMILES string of the molecule is CC[C@H](NC(=O)CCCN(c1cc([N+](=O)[O-])ccc1C)S(C)(=O)=O)c1ccc(C)cc1. The van der Waals surface area contributed by atoms with Crippen molar-refractivity contribution in [2.24, 2.45) is 0 Å². The third-order valence-corrected chi connectivity index (χ3v) is 6.24. The van der Waals surface area contributed by atoms with Gasteiger partial charge in [-0.15, -0.1) is 0 Å². The van der Waals surface area contributed by atoms with Crippen LogP contribution in [0.15, 0.2) is 42.5 Å². The molecule has 2 rings (SSSR count). The average molecular weight is 448 g/mol. The van der Waals surface area contributed by atoms with Gasteiger partial charge in [0.25, 0.3) is 5.69 Å². The second-order valence-electron chi connectivity index (χ2n) is 7.61. The fraction of sp³-hybridized carbons (Fsp3) is 0.409. The van der Waals surface area contributed by atoms with E-state index >= 15 is 0 Å². The minimum atomic E-state index is -3.68. The molecule has 31 heavy (non-hydrogen) atoms. The Balaban J connectivity index is 2.06. The molecule has 1 amide bonds. The summed E-state index contributed by atoms with van der Waals surface area (Å²) in [6, 6.07) is 12.0. The molecule has 0 fully saturated rings. The van der Waals surface area contributed by atoms with E-state index in [-0.39, 0.29) is 42.7 Å². The first kappa shape index (κ1) is 24.3. The first-order valence-electron chi connectivity index (χ1n) is 10.1. The summed E-state index contributed by atoms with van der Waals surface area (Å²) in [6.45, 7) is 5.73. The van der Waals surface area contributed by atoms with Crippen LogP contribution in [0.3, 0.4) is 0 Å². The Bertz CT molecular complexity index is 1040. The van der Waals surface area contributed by atoms with Crippen LogP contribution in [0.2, 0.25) is 0 Å². The lowest BCUT2D eigenvalue weighted by molar-refractivity contribution is -0.384. The van der Waals surface area contributed by atoms with Crippen LogP contribution in [0, 0.1) is 24.0 Å². The van der Waals surface area contributed by atoms with E-state index in [0.29, 0.717) is 5.56 Å². The normalized spacial score (nSPS) is 12.3. The van der Waals surface area contributed by atoms with Crippen LogP contribution in [0.5, 0.6) is 0 Å². The topological polar surface area (TPSA) is 110 Å². The van der Waals surface area contributed by atoms with E-state index in [1.54, 1.807) is 6.92 Å². The van der Waals surface area contributed by atoms with Crippen LogP contribution in [0.1, 0.15) is 48.9 Å². The molecule has 1 atom stereocenters. The first-order chi connectivity index (χ1) is 14.5. The Morgan fingerprint density at radius 2 is 1.81 bits per heavy atom. The second-order valence-corrected chi connectivity index (χ2v) is 9.51. The molecule has 1 N–H and O–H groups in total. The number of nitro groups is 1. The van der Waals surface area contributed by atoms with E-state index in [2.05, 4.69) is 5.32 Å². The highest BCUT2D eigenvalue weighted by molar-refractivity contribution is 7.92. The van der Waals surface area contributed by atoms with Crippen molar-refractivity contribution in [2.75, 3.05) is 17.1 Å². The maximum Gasteiger partial charge on any atom is 0.271 e. The van der Waals surface area contributed by atoms with Crippen molar-refractivity contribution in [3.63, 3.8) is 0 Å². The van der Waals surface area contributed by atoms with Crippen molar-refractivity contribution >= 4 is 27.3 Å². The summed E-state index contributed by atoms with van der Waals surface area (Å²) in [5.41, 5.74) is 2.83. The zero-order chi connectivity index (χ0) is 23.2. The number of non-ortho nitro benzene ring substituents is 1. The van der Waals surface area contributed by atoms with Crippen molar-refractivity contribution in [3.05, 3.63) is 69.3 Å². The van der Waals surface area contributed by atoms with E-state index in [0.717, 1.165) is 28.1 Å². The number of carbonyl (C=O) groups excluding carboxylic acids is 1. The van der Waals surface area contributed by atoms with Crippen LogP contribution in [0.4, 0.5) is 11.4 Å². The summed E-state index contributed by atoms with van der Waals surface area (Å²) < 4.78 is 25.8. The van der Waals surface area contributed by atoms with Gasteiger partial charge in [-0.05, 0) is 37.8 Å². The number of hydrogen-bond donors (Lipinski definition) is 1. The molecule has 0 bridgehead atoms. The number of rotatable bonds is 10. The molecule has 2 aromatic carbocycles. The van der Waals surface area contributed by atoms with Gasteiger partial charge in [0.15, 0.2) is 0 Å². The van der Waals surface area contributed by atoms with Gasteiger partial charge < -0.3 is 5.32 Å². The Hall–Kier alpha value is -2.94. The van der Waals surface area contributed by atoms with Crippen molar-refractivity contribution in [3.8, 4) is 0 Å². The van der Waals surface area contributed by atoms with Gasteiger partial charge in [-0.25, -0.2) is 8.42 Å². The molecule has 0 saturated heterocycles. The van der Waals surface area contributed by atoms with E-state index < -0.39 is 14.9 Å². The molecule has 0 aromatic heterocycles. The van der Waals surface area contributed by atoms with Crippen molar-refractivity contribution in [1.29, 1.82) is 0 Å². The lowest BCUT2D eigenvalue weighted by Gasteiger charge is -2.24. The van der Waals surface area contributed by atoms with Gasteiger partial charge in [0, 0.05) is 25.1 Å². The van der Waals surface area contributed by atoms with Gasteiger partial charge in [0.05, 0.1) is 22.9 Å². The first-order valence-corrected chi connectivity index (χ1v) is 12.0. The fourth-order valence-corrected chi connectivity index (χ4v) is 4.33. The molecule has 2 aromatic rings. The summed E-state index contributed by atoms with van der Waals surface area (Å²) in [6.07, 6.45) is 2.21. The minimum Gasteiger partial charge on any atom is -0.349 e. The van der Waals surface area contributed by atoms with Crippen LogP contribution in [-0.2, 0) is 14.8 Å². The number of anilines is 1. The molecule has 0 unspecified atom stereocenters. The Morgan fingerprint density at radius 1 is 1.16 bits per heavy atom. The summed E-state index contributed by atoms with van der Waals surface area (Å²) in [5.74, 6) is -0.170. The Labute approximate surface area is 183 Å². The lowest BCUT2D eigenvalue weighted by Crippen LogP contribution is -2.33. The Morgan fingerprint density at radius 3 is 2.35 bits per heavy atom. The van der Waals surface area contributed by atoms with Crippen LogP contribution in [0.25, 0.3) is 0 Å². The minimum absolute atomic E-state index is 0.0512. The third-order valence-electron chi connectivity index (χ3n) is 5.06. The molecular formula is C22H29N3O5S. The number of hydrogen-bond acceptors (Lipinski definition) is 5. The summed E-state index contributed by atoms with van der Waals surface area (Å²) >= 11 is 0. The fourth-order valence-electron chi connectivity index (χ4n) is 3.31. The zero-order valence-corrected chi connectivity index (χ0v) is 19.1. The van der Waals surface area contributed by atoms with Crippen LogP contribution < -0.4 is 9.62 Å². The summed E-state index contributed by atoms with van der Waals surface area (Å²) in [4.78, 5) is 23.0. The van der Waals surface area contributed by atoms with Gasteiger partial charge in [0.1, 0.15) is 0 Å². The molecule has 8 nitrogen and oxygen atoms in total. The van der Waals surface area contributed by atoms with Gasteiger partial charge in [-0.1, -0.05) is 42.8 Å². The largest absolute Gasteiger partial charge is 0.349 e. The molecule has 0 heterocycles. The number of benzene rings is 2. The number of nitrogens with zero attached hydrogens (tertiary/aromatic N) is 2. The third kappa shape index (κ3) is 6.78. The van der Waals surface area contributed by atoms with Gasteiger partial charge >= 0.3 is 0 Å². The predicted octanol–water partition coefficient (Wildman–Crippen LogP) is 4.03. The van der Waals surface area contributed by atoms with Gasteiger partial charge in [0.2, 0.25) is 15.9 Å². The van der Waals surface area contributed by atoms with Crippen molar-refractivity contribution in [1.82, 2.24) is 5.32 Å². The lowest BCUT2D eigenvalue weighted by atomic mass is 10.0. The maximum absolute atomic E-state index is 12.5. The zero-order valence-electron chi connectivity index (χ0n) is 18.3. The van der Waals surface area contributed by atoms with Gasteiger partial charge in [-0.2, -0.15) is 0 Å². The standard InChI is InChI=1S/C22H29N3O5S/c1-5-20(18-11-8-16(2)9-12-18)23-22(26)7-6-14-24(31(4,29)30)21-15-19(25(27)28)13-10-17(21)3/h8-13,15,20H,5-7,14H2,1-4H3,(H,23,26)/t20-/m0/s1. The molecule has 0 saturated carbocycles. The molecule has 0 aliphatic heterocycles. The predicted molar refractivity (Wildman–Crippen MR) is 122 cm³/mol. The quantitative estimate of drug-likeness (QED) is 0.437. The Kier molecular flexibility index (Phi) is 8.15. The molecule has 9 heteroatoms. The number of sulfonamides is 1. The number of amides is 1. The second kappa shape index (κ2) is 10.4. The molecule has 0 aliphatic carbocycles. The van der Waals surface area contributed by atoms with Crippen molar-refractivity contribution in [2.45, 2.75) is 46.1 Å². The highest BCUT2D eigenvalue weighted by atomic mass is 32.2. The molecular weight excluding hydrogens is 418 g/mol. The van der Waals surface area contributed by atoms with E-state index in [4.69, 9.17) is 0 Å². The average Bonchev–Trinajstić information content (AvgIpc) is 2.70. The molecule has 0 radical (unpaired) electrons. The monoisotopic (exact) mass is 447 g/mol. The highest BCUT2D eigenvalue weighted by Crippen LogP contribution is 2.28. The van der Waals surface area contributed by atoms with Gasteiger partial charge in [-0.3, -0.25) is 19.2 Å². The van der Waals surface area contributed by atoms with E-state index in [9.17, 15) is 23.3 Å². The smallest absolute Gasteiger partial charge is 0.271 e. The maximum atomic E-state index is 12.5. The summed E-state index contributed by atoms with van der Waals surface area (Å²) in [7, 11) is -3.68. The van der Waals surface area contributed by atoms with Crippen molar-refractivity contribution < 1.29 is 18.1 Å². The molecule has 0 spiro atoms. The number of aryl methyl sites for hydroxylation is 2. The van der Waals surface area contributed by atoms with Crippen LogP contribution in [-0.4, -0.2) is 32.0 Å². The van der Waals surface area contributed by atoms with E-state index in [1.165, 1.54) is 18.2 Å². The number of nitro benzene ring substituents is 1. The number of nitrogens with one attached hydrogen (secondary N) is 1. The number of carbonyl (C=O) groups is 1. The highest BCUT2D eigenvalue weighted by Gasteiger charge is 2.22. The van der Waals surface area contributed by atoms with Crippen LogP contribution >= 0.6 is 0 Å². The molecule has 168 valence electrons.